The fraction of sp³-hybridized carbons (Fsp3) is 0.333. The van der Waals surface area contributed by atoms with Crippen LogP contribution in [0.15, 0.2) is 24.3 Å². The third-order valence-electron chi connectivity index (χ3n) is 1.85. The van der Waals surface area contributed by atoms with Gasteiger partial charge in [-0.05, 0) is 17.7 Å². The second-order valence-corrected chi connectivity index (χ2v) is 2.67. The first-order chi connectivity index (χ1) is 5.77. The van der Waals surface area contributed by atoms with Crippen LogP contribution in [0, 0.1) is 5.82 Å². The molecule has 0 bridgehead atoms. The van der Waals surface area contributed by atoms with E-state index in [9.17, 15) is 4.39 Å². The smallest absolute Gasteiger partial charge is 0.123 e. The Morgan fingerprint density at radius 2 is 1.85 bits per heavy atom. The SMILES string of the molecule is Cl.NCC(CO)c1ccc(F)cc1. The Morgan fingerprint density at radius 1 is 1.31 bits per heavy atom. The van der Waals surface area contributed by atoms with E-state index in [1.165, 1.54) is 12.1 Å². The second-order valence-electron chi connectivity index (χ2n) is 2.67. The Morgan fingerprint density at radius 3 is 2.23 bits per heavy atom. The van der Waals surface area contributed by atoms with Crippen LogP contribution in [0.25, 0.3) is 0 Å². The van der Waals surface area contributed by atoms with Crippen LogP contribution in [-0.4, -0.2) is 18.3 Å². The molecule has 0 saturated heterocycles. The van der Waals surface area contributed by atoms with Gasteiger partial charge in [0.1, 0.15) is 5.82 Å². The summed E-state index contributed by atoms with van der Waals surface area (Å²) in [5, 5.41) is 8.88. The van der Waals surface area contributed by atoms with Gasteiger partial charge in [-0.3, -0.25) is 0 Å². The molecule has 74 valence electrons. The quantitative estimate of drug-likeness (QED) is 0.781. The van der Waals surface area contributed by atoms with Gasteiger partial charge in [0.25, 0.3) is 0 Å². The van der Waals surface area contributed by atoms with E-state index in [1.54, 1.807) is 12.1 Å². The number of nitrogens with two attached hydrogens (primary N) is 1. The molecular weight excluding hydrogens is 193 g/mol. The van der Waals surface area contributed by atoms with Crippen molar-refractivity contribution in [3.05, 3.63) is 35.6 Å². The van der Waals surface area contributed by atoms with Gasteiger partial charge < -0.3 is 10.8 Å². The van der Waals surface area contributed by atoms with E-state index in [0.717, 1.165) is 5.56 Å². The molecule has 0 heterocycles. The molecule has 2 nitrogen and oxygen atoms in total. The molecule has 1 rings (SSSR count). The highest BCUT2D eigenvalue weighted by Crippen LogP contribution is 2.13. The molecule has 0 aliphatic heterocycles. The fourth-order valence-corrected chi connectivity index (χ4v) is 1.05. The van der Waals surface area contributed by atoms with E-state index in [4.69, 9.17) is 10.8 Å². The molecule has 1 aromatic carbocycles. The third-order valence-corrected chi connectivity index (χ3v) is 1.85. The van der Waals surface area contributed by atoms with Gasteiger partial charge in [-0.1, -0.05) is 12.1 Å². The summed E-state index contributed by atoms with van der Waals surface area (Å²) >= 11 is 0. The lowest BCUT2D eigenvalue weighted by atomic mass is 10.0. The maximum absolute atomic E-state index is 12.5. The third kappa shape index (κ3) is 3.30. The number of aliphatic hydroxyl groups is 1. The first-order valence-corrected chi connectivity index (χ1v) is 3.84. The molecule has 0 spiro atoms. The molecule has 1 atom stereocenters. The molecule has 4 heteroatoms. The van der Waals surface area contributed by atoms with Crippen molar-refractivity contribution in [2.24, 2.45) is 5.73 Å². The van der Waals surface area contributed by atoms with Crippen molar-refractivity contribution < 1.29 is 9.50 Å². The predicted octanol–water partition coefficient (Wildman–Crippen LogP) is 1.28. The Labute approximate surface area is 83.0 Å². The summed E-state index contributed by atoms with van der Waals surface area (Å²) in [6.45, 7) is 0.379. The van der Waals surface area contributed by atoms with Crippen molar-refractivity contribution in [2.75, 3.05) is 13.2 Å². The van der Waals surface area contributed by atoms with Crippen LogP contribution in [0.1, 0.15) is 11.5 Å². The zero-order valence-electron chi connectivity index (χ0n) is 7.11. The second kappa shape index (κ2) is 5.91. The van der Waals surface area contributed by atoms with Crippen molar-refractivity contribution in [1.82, 2.24) is 0 Å². The summed E-state index contributed by atoms with van der Waals surface area (Å²) in [6, 6.07) is 6.02. The van der Waals surface area contributed by atoms with Gasteiger partial charge in [0.15, 0.2) is 0 Å². The molecule has 3 N–H and O–H groups in total. The van der Waals surface area contributed by atoms with Crippen LogP contribution in [0.3, 0.4) is 0 Å². The molecule has 13 heavy (non-hydrogen) atoms. The molecule has 0 fully saturated rings. The van der Waals surface area contributed by atoms with Crippen LogP contribution >= 0.6 is 12.4 Å². The summed E-state index contributed by atoms with van der Waals surface area (Å²) in [5.74, 6) is -0.349. The maximum Gasteiger partial charge on any atom is 0.123 e. The van der Waals surface area contributed by atoms with Crippen LogP contribution in [0.4, 0.5) is 4.39 Å². The van der Waals surface area contributed by atoms with Crippen molar-refractivity contribution in [3.63, 3.8) is 0 Å². The maximum atomic E-state index is 12.5. The highest BCUT2D eigenvalue weighted by atomic mass is 35.5. The number of halogens is 2. The van der Waals surface area contributed by atoms with E-state index in [2.05, 4.69) is 0 Å². The number of benzene rings is 1. The Bertz CT molecular complexity index is 236. The van der Waals surface area contributed by atoms with Gasteiger partial charge in [0, 0.05) is 12.5 Å². The number of hydrogen-bond acceptors (Lipinski definition) is 2. The van der Waals surface area contributed by atoms with Gasteiger partial charge in [0.05, 0.1) is 6.61 Å². The average Bonchev–Trinajstić information content (AvgIpc) is 2.10. The zero-order valence-corrected chi connectivity index (χ0v) is 7.93. The van der Waals surface area contributed by atoms with Crippen LogP contribution in [0.5, 0.6) is 0 Å². The minimum atomic E-state index is -0.271. The fourth-order valence-electron chi connectivity index (χ4n) is 1.05. The minimum absolute atomic E-state index is 0. The van der Waals surface area contributed by atoms with E-state index >= 15 is 0 Å². The predicted molar refractivity (Wildman–Crippen MR) is 52.5 cm³/mol. The molecule has 0 amide bonds. The van der Waals surface area contributed by atoms with Gasteiger partial charge in [-0.15, -0.1) is 12.4 Å². The summed E-state index contributed by atoms with van der Waals surface area (Å²) in [5.41, 5.74) is 6.28. The number of rotatable bonds is 3. The first-order valence-electron chi connectivity index (χ1n) is 3.84. The Balaban J connectivity index is 0.00000144. The van der Waals surface area contributed by atoms with E-state index in [1.807, 2.05) is 0 Å². The van der Waals surface area contributed by atoms with E-state index < -0.39 is 0 Å². The topological polar surface area (TPSA) is 46.2 Å². The summed E-state index contributed by atoms with van der Waals surface area (Å²) in [6.07, 6.45) is 0. The van der Waals surface area contributed by atoms with Gasteiger partial charge >= 0.3 is 0 Å². The highest BCUT2D eigenvalue weighted by molar-refractivity contribution is 5.85. The Hall–Kier alpha value is -0.640. The van der Waals surface area contributed by atoms with Crippen LogP contribution in [0.2, 0.25) is 0 Å². The normalized spacial score (nSPS) is 11.9. The largest absolute Gasteiger partial charge is 0.396 e. The lowest BCUT2D eigenvalue weighted by Gasteiger charge is -2.10. The summed E-state index contributed by atoms with van der Waals surface area (Å²) in [4.78, 5) is 0. The van der Waals surface area contributed by atoms with Crippen molar-refractivity contribution in [3.8, 4) is 0 Å². The van der Waals surface area contributed by atoms with Crippen molar-refractivity contribution in [1.29, 1.82) is 0 Å². The van der Waals surface area contributed by atoms with E-state index in [0.29, 0.717) is 6.54 Å². The Kier molecular flexibility index (Phi) is 5.62. The lowest BCUT2D eigenvalue weighted by Crippen LogP contribution is -2.15. The molecule has 0 aliphatic carbocycles. The summed E-state index contributed by atoms with van der Waals surface area (Å²) in [7, 11) is 0. The number of aliphatic hydroxyl groups excluding tert-OH is 1. The molecule has 1 aromatic rings. The van der Waals surface area contributed by atoms with Gasteiger partial charge in [-0.25, -0.2) is 4.39 Å². The molecule has 0 radical (unpaired) electrons. The van der Waals surface area contributed by atoms with Crippen LogP contribution in [-0.2, 0) is 0 Å². The van der Waals surface area contributed by atoms with E-state index in [-0.39, 0.29) is 30.7 Å². The number of hydrogen-bond donors (Lipinski definition) is 2. The molecular formula is C9H13ClFNO. The lowest BCUT2D eigenvalue weighted by molar-refractivity contribution is 0.268. The van der Waals surface area contributed by atoms with Crippen LogP contribution < -0.4 is 5.73 Å². The molecule has 0 aliphatic rings. The monoisotopic (exact) mass is 205 g/mol. The summed E-state index contributed by atoms with van der Waals surface area (Å²) < 4.78 is 12.5. The zero-order chi connectivity index (χ0) is 8.97. The highest BCUT2D eigenvalue weighted by Gasteiger charge is 2.06. The van der Waals surface area contributed by atoms with Gasteiger partial charge in [-0.2, -0.15) is 0 Å². The average molecular weight is 206 g/mol. The standard InChI is InChI=1S/C9H12FNO.ClH/c10-9-3-1-7(2-4-9)8(5-11)6-12;/h1-4,8,12H,5-6,11H2;1H. The van der Waals surface area contributed by atoms with Crippen molar-refractivity contribution in [2.45, 2.75) is 5.92 Å². The minimum Gasteiger partial charge on any atom is -0.396 e. The molecule has 1 unspecified atom stereocenters. The first kappa shape index (κ1) is 12.4. The van der Waals surface area contributed by atoms with Gasteiger partial charge in [0.2, 0.25) is 0 Å². The molecule has 0 saturated carbocycles. The van der Waals surface area contributed by atoms with Crippen molar-refractivity contribution >= 4 is 12.4 Å². The molecule has 0 aromatic heterocycles.